The van der Waals surface area contributed by atoms with Crippen LogP contribution in [-0.2, 0) is 0 Å². The van der Waals surface area contributed by atoms with Crippen molar-refractivity contribution in [3.05, 3.63) is 35.5 Å². The third-order valence-corrected chi connectivity index (χ3v) is 2.87. The lowest BCUT2D eigenvalue weighted by molar-refractivity contribution is 0.415. The number of aromatic amines is 1. The van der Waals surface area contributed by atoms with Crippen LogP contribution in [0.4, 0.5) is 0 Å². The van der Waals surface area contributed by atoms with Crippen molar-refractivity contribution in [2.75, 3.05) is 7.11 Å². The molecule has 0 aliphatic heterocycles. The van der Waals surface area contributed by atoms with Gasteiger partial charge in [0, 0.05) is 11.6 Å². The third kappa shape index (κ3) is 2.17. The zero-order valence-electron chi connectivity index (χ0n) is 10.3. The molecule has 90 valence electrons. The number of ether oxygens (including phenoxy) is 1. The van der Waals surface area contributed by atoms with Crippen LogP contribution in [0.3, 0.4) is 0 Å². The number of hydrogen-bond acceptors (Lipinski definition) is 3. The van der Waals surface area contributed by atoms with Gasteiger partial charge in [0.15, 0.2) is 0 Å². The Bertz CT molecular complexity index is 500. The second-order valence-corrected chi connectivity index (χ2v) is 4.13. The summed E-state index contributed by atoms with van der Waals surface area (Å²) in [6.45, 7) is 3.97. The molecule has 1 aromatic carbocycles. The van der Waals surface area contributed by atoms with Crippen LogP contribution < -0.4 is 10.5 Å². The van der Waals surface area contributed by atoms with Gasteiger partial charge in [-0.25, -0.2) is 0 Å². The molecule has 0 saturated heterocycles. The van der Waals surface area contributed by atoms with Crippen LogP contribution in [0.25, 0.3) is 11.3 Å². The van der Waals surface area contributed by atoms with Gasteiger partial charge < -0.3 is 10.5 Å². The molecule has 1 unspecified atom stereocenters. The molecule has 17 heavy (non-hydrogen) atoms. The summed E-state index contributed by atoms with van der Waals surface area (Å²) in [7, 11) is 1.66. The fourth-order valence-corrected chi connectivity index (χ4v) is 1.88. The van der Waals surface area contributed by atoms with Crippen LogP contribution >= 0.6 is 0 Å². The number of nitrogens with one attached hydrogen (secondary N) is 1. The highest BCUT2D eigenvalue weighted by molar-refractivity contribution is 5.64. The molecule has 1 aromatic heterocycles. The lowest BCUT2D eigenvalue weighted by Gasteiger charge is -2.04. The first-order valence-electron chi connectivity index (χ1n) is 5.58. The van der Waals surface area contributed by atoms with Gasteiger partial charge in [-0.15, -0.1) is 0 Å². The first-order valence-corrected chi connectivity index (χ1v) is 5.58. The number of benzene rings is 1. The SMILES string of the molecule is COc1ccc(-c2n[nH]c(C(C)N)c2C)cc1. The van der Waals surface area contributed by atoms with Crippen molar-refractivity contribution in [1.29, 1.82) is 0 Å². The molecule has 0 aliphatic rings. The maximum Gasteiger partial charge on any atom is 0.118 e. The van der Waals surface area contributed by atoms with Gasteiger partial charge in [0.1, 0.15) is 5.75 Å². The molecule has 1 atom stereocenters. The van der Waals surface area contributed by atoms with Gasteiger partial charge in [-0.2, -0.15) is 5.10 Å². The minimum absolute atomic E-state index is 0.0329. The molecule has 0 spiro atoms. The summed E-state index contributed by atoms with van der Waals surface area (Å²) in [5, 5.41) is 7.31. The highest BCUT2D eigenvalue weighted by Crippen LogP contribution is 2.26. The minimum Gasteiger partial charge on any atom is -0.497 e. The normalized spacial score (nSPS) is 12.5. The van der Waals surface area contributed by atoms with Crippen LogP contribution in [0, 0.1) is 6.92 Å². The van der Waals surface area contributed by atoms with E-state index in [2.05, 4.69) is 10.2 Å². The molecule has 0 fully saturated rings. The Labute approximate surface area is 101 Å². The molecule has 0 amide bonds. The largest absolute Gasteiger partial charge is 0.497 e. The Hall–Kier alpha value is -1.81. The summed E-state index contributed by atoms with van der Waals surface area (Å²) in [6.07, 6.45) is 0. The van der Waals surface area contributed by atoms with Gasteiger partial charge in [0.25, 0.3) is 0 Å². The summed E-state index contributed by atoms with van der Waals surface area (Å²) < 4.78 is 5.13. The summed E-state index contributed by atoms with van der Waals surface area (Å²) in [5.41, 5.74) is 9.95. The van der Waals surface area contributed by atoms with Crippen LogP contribution in [-0.4, -0.2) is 17.3 Å². The average Bonchev–Trinajstić information content (AvgIpc) is 2.71. The molecule has 0 bridgehead atoms. The molecule has 0 radical (unpaired) electrons. The average molecular weight is 231 g/mol. The van der Waals surface area contributed by atoms with Gasteiger partial charge >= 0.3 is 0 Å². The number of nitrogens with two attached hydrogens (primary N) is 1. The molecule has 3 N–H and O–H groups in total. The van der Waals surface area contributed by atoms with E-state index in [4.69, 9.17) is 10.5 Å². The third-order valence-electron chi connectivity index (χ3n) is 2.87. The van der Waals surface area contributed by atoms with Gasteiger partial charge in [0.05, 0.1) is 18.5 Å². The minimum atomic E-state index is -0.0329. The maximum atomic E-state index is 5.86. The zero-order chi connectivity index (χ0) is 12.4. The highest BCUT2D eigenvalue weighted by Gasteiger charge is 2.13. The van der Waals surface area contributed by atoms with E-state index in [1.807, 2.05) is 38.1 Å². The van der Waals surface area contributed by atoms with E-state index in [0.29, 0.717) is 0 Å². The predicted octanol–water partition coefficient (Wildman–Crippen LogP) is 2.41. The summed E-state index contributed by atoms with van der Waals surface area (Å²) in [6, 6.07) is 7.80. The first-order chi connectivity index (χ1) is 8.13. The lowest BCUT2D eigenvalue weighted by Crippen LogP contribution is -2.06. The van der Waals surface area contributed by atoms with Gasteiger partial charge in [0.2, 0.25) is 0 Å². The number of H-pyrrole nitrogens is 1. The van der Waals surface area contributed by atoms with Crippen LogP contribution in [0.2, 0.25) is 0 Å². The number of aromatic nitrogens is 2. The molecule has 1 heterocycles. The molecular weight excluding hydrogens is 214 g/mol. The van der Waals surface area contributed by atoms with Crippen molar-refractivity contribution >= 4 is 0 Å². The second-order valence-electron chi connectivity index (χ2n) is 4.13. The lowest BCUT2D eigenvalue weighted by atomic mass is 10.0. The first kappa shape index (κ1) is 11.7. The zero-order valence-corrected chi connectivity index (χ0v) is 10.3. The Morgan fingerprint density at radius 2 is 1.94 bits per heavy atom. The summed E-state index contributed by atoms with van der Waals surface area (Å²) in [5.74, 6) is 0.842. The van der Waals surface area contributed by atoms with Crippen LogP contribution in [0.15, 0.2) is 24.3 Å². The Balaban J connectivity index is 2.39. The van der Waals surface area contributed by atoms with E-state index in [1.54, 1.807) is 7.11 Å². The monoisotopic (exact) mass is 231 g/mol. The molecule has 4 heteroatoms. The quantitative estimate of drug-likeness (QED) is 0.852. The Morgan fingerprint density at radius 3 is 2.41 bits per heavy atom. The molecule has 2 aromatic rings. The van der Waals surface area contributed by atoms with Crippen molar-refractivity contribution < 1.29 is 4.74 Å². The highest BCUT2D eigenvalue weighted by atomic mass is 16.5. The Morgan fingerprint density at radius 1 is 1.29 bits per heavy atom. The molecule has 0 aliphatic carbocycles. The standard InChI is InChI=1S/C13H17N3O/c1-8-12(9(2)14)15-16-13(8)10-4-6-11(17-3)7-5-10/h4-7,9H,14H2,1-3H3,(H,15,16). The predicted molar refractivity (Wildman–Crippen MR) is 67.9 cm³/mol. The van der Waals surface area contributed by atoms with Gasteiger partial charge in [-0.3, -0.25) is 5.10 Å². The van der Waals surface area contributed by atoms with Crippen molar-refractivity contribution in [3.8, 4) is 17.0 Å². The smallest absolute Gasteiger partial charge is 0.118 e. The summed E-state index contributed by atoms with van der Waals surface area (Å²) in [4.78, 5) is 0. The fraction of sp³-hybridized carbons (Fsp3) is 0.308. The molecular formula is C13H17N3O. The van der Waals surface area contributed by atoms with Crippen molar-refractivity contribution in [3.63, 3.8) is 0 Å². The number of hydrogen-bond donors (Lipinski definition) is 2. The van der Waals surface area contributed by atoms with E-state index >= 15 is 0 Å². The second kappa shape index (κ2) is 4.59. The van der Waals surface area contributed by atoms with Crippen molar-refractivity contribution in [1.82, 2.24) is 10.2 Å². The van der Waals surface area contributed by atoms with E-state index < -0.39 is 0 Å². The van der Waals surface area contributed by atoms with Gasteiger partial charge in [-0.05, 0) is 43.7 Å². The molecule has 0 saturated carbocycles. The van der Waals surface area contributed by atoms with Crippen molar-refractivity contribution in [2.24, 2.45) is 5.73 Å². The summed E-state index contributed by atoms with van der Waals surface area (Å²) >= 11 is 0. The van der Waals surface area contributed by atoms with E-state index in [9.17, 15) is 0 Å². The van der Waals surface area contributed by atoms with Crippen LogP contribution in [0.1, 0.15) is 24.2 Å². The maximum absolute atomic E-state index is 5.86. The topological polar surface area (TPSA) is 63.9 Å². The van der Waals surface area contributed by atoms with Gasteiger partial charge in [-0.1, -0.05) is 0 Å². The Kier molecular flexibility index (Phi) is 3.15. The molecule has 4 nitrogen and oxygen atoms in total. The number of rotatable bonds is 3. The fourth-order valence-electron chi connectivity index (χ4n) is 1.88. The van der Waals surface area contributed by atoms with E-state index in [-0.39, 0.29) is 6.04 Å². The van der Waals surface area contributed by atoms with E-state index in [0.717, 1.165) is 28.3 Å². The number of nitrogens with zero attached hydrogens (tertiary/aromatic N) is 1. The van der Waals surface area contributed by atoms with Crippen LogP contribution in [0.5, 0.6) is 5.75 Å². The van der Waals surface area contributed by atoms with Crippen molar-refractivity contribution in [2.45, 2.75) is 19.9 Å². The molecule has 2 rings (SSSR count). The number of methoxy groups -OCH3 is 1. The van der Waals surface area contributed by atoms with E-state index in [1.165, 1.54) is 0 Å².